The summed E-state index contributed by atoms with van der Waals surface area (Å²) in [5.74, 6) is -18.5. The number of guanidine groups is 1. The maximum atomic E-state index is 15.2. The van der Waals surface area contributed by atoms with Crippen molar-refractivity contribution in [1.29, 1.82) is 5.41 Å². The Bertz CT molecular complexity index is 4650. The number of unbranched alkanes of at least 4 members (excludes halogenated alkanes) is 1. The van der Waals surface area contributed by atoms with Crippen LogP contribution in [0, 0.1) is 5.41 Å². The number of nitrogens with two attached hydrogens (primary N) is 6. The van der Waals surface area contributed by atoms with Crippen LogP contribution in [-0.4, -0.2) is 262 Å². The van der Waals surface area contributed by atoms with Crippen LogP contribution in [0.2, 0.25) is 0 Å². The first-order valence-corrected chi connectivity index (χ1v) is 41.5. The number of phenols is 1. The number of carbonyl (C=O) groups is 18. The molecule has 32 N–H and O–H groups in total. The van der Waals surface area contributed by atoms with E-state index in [1.807, 2.05) is 0 Å². The van der Waals surface area contributed by atoms with E-state index in [0.29, 0.717) is 57.9 Å². The van der Waals surface area contributed by atoms with Crippen molar-refractivity contribution >= 4 is 159 Å². The molecular formula is C79H114N24O21S2. The van der Waals surface area contributed by atoms with Crippen molar-refractivity contribution in [2.45, 2.75) is 189 Å². The van der Waals surface area contributed by atoms with Crippen LogP contribution in [0.4, 0.5) is 0 Å². The van der Waals surface area contributed by atoms with Gasteiger partial charge in [-0.1, -0.05) is 48.5 Å². The third-order valence-electron chi connectivity index (χ3n) is 19.3. The van der Waals surface area contributed by atoms with Crippen LogP contribution in [0.1, 0.15) is 108 Å². The predicted octanol–water partition coefficient (Wildman–Crippen LogP) is -7.60. The molecule has 0 radical (unpaired) electrons. The first kappa shape index (κ1) is 103. The highest BCUT2D eigenvalue weighted by molar-refractivity contribution is 7.80. The van der Waals surface area contributed by atoms with Crippen LogP contribution >= 0.6 is 25.3 Å². The first-order valence-electron chi connectivity index (χ1n) is 40.2. The molecule has 18 amide bonds. The Morgan fingerprint density at radius 3 is 1.39 bits per heavy atom. The molecule has 2 aromatic heterocycles. The monoisotopic (exact) mass is 1800 g/mol. The zero-order valence-electron chi connectivity index (χ0n) is 69.7. The van der Waals surface area contributed by atoms with Crippen molar-refractivity contribution < 1.29 is 101 Å². The number of hydrogen-bond donors (Lipinski definition) is 28. The normalized spacial score (nSPS) is 14.2. The minimum atomic E-state index is -1.92. The molecular weight excluding hydrogens is 1690 g/mol. The molecule has 0 aliphatic rings. The van der Waals surface area contributed by atoms with Crippen molar-refractivity contribution in [1.82, 2.24) is 89.7 Å². The van der Waals surface area contributed by atoms with Crippen LogP contribution in [0.15, 0.2) is 85.2 Å². The number of ether oxygens (including phenoxy) is 1. The van der Waals surface area contributed by atoms with Gasteiger partial charge in [0.2, 0.25) is 106 Å². The zero-order chi connectivity index (χ0) is 93.3. The Morgan fingerprint density at radius 2 is 0.897 bits per heavy atom. The summed E-state index contributed by atoms with van der Waals surface area (Å²) < 4.78 is 5.26. The standard InChI is InChI=1S/C79H114N24O21S2/c1-40(29-64(110)95-58(33-63(83)109)69(114)91-36-65(111)87-27-28-124-37-66(112)94-51(68(84)113)15-8-9-25-80)92-70(115)52(16-10-26-88-79(85)86)96-74(119)56(31-44-34-89-49-13-6-4-11-47(44)49)100-73(118)55(30-43-17-19-46(106)20-18-43)99-77(122)60(39-126)102-71(116)53(21-23-61(81)107)97-75(120)57(32-45-35-90-50-14-7-5-12-48(45)50)101-78(123)67(41(2)104)103-72(117)54(22-24-62(82)108)98-76(121)59(38-125)93-42(3)105/h4-7,11-14,17-20,34-35,40-41,51-60,67,89-90,104,106,125-126H,8-10,15-16,21-33,36-39,80H2,1-3H3,(H2,81,107)(H2,82,108)(H2,83,109)(H2,84,113)(H,87,111)(H,91,114)(H,92,115)(H,93,105)(H,94,112)(H,95,110)(H,96,119)(H,97,120)(H,98,121)(H,99,122)(H,100,118)(H,101,123)(H,102,116)(H,103,117)(H4,85,86,88)/t40-,41+,51+,52-,53-,54-,55-,56-,57-,58-,59-,60-,67-/m0/s1. The molecule has 2 heterocycles. The number of aromatic nitrogens is 2. The SMILES string of the molecule is CC(=O)N[C@@H](CS)C(=O)N[C@@H](CCC(N)=O)C(=O)N[C@H](C(=O)N[C@@H](Cc1c[nH]c2ccccc12)C(=O)N[C@@H](CCC(N)=O)C(=O)N[C@@H](CS)C(=O)N[C@@H](Cc1ccc(O)cc1)C(=O)N[C@@H](Cc1c[nH]c2ccccc12)C(=O)N[C@@H](CCCNC(=N)N)C(=O)N[C@@H](C)CC(=O)N[C@@H](CC(N)=O)C(=O)NCC(=O)NCCOCC(=O)N[C@H](CCCCN)C(N)=O)[C@@H](C)O. The number of aliphatic hydroxyl groups excluding tert-OH is 1. The van der Waals surface area contributed by atoms with Gasteiger partial charge in [-0.15, -0.1) is 0 Å². The number of aromatic amines is 2. The number of para-hydroxylation sites is 2. The Hall–Kier alpha value is -13.1. The average molecular weight is 1800 g/mol. The predicted molar refractivity (Wildman–Crippen MR) is 463 cm³/mol. The quantitative estimate of drug-likeness (QED) is 0.00744. The average Bonchev–Trinajstić information content (AvgIpc) is 1.67. The molecule has 0 spiro atoms. The van der Waals surface area contributed by atoms with Crippen LogP contribution < -0.4 is 114 Å². The number of carbonyl (C=O) groups excluding carboxylic acids is 18. The van der Waals surface area contributed by atoms with E-state index in [1.54, 1.807) is 54.7 Å². The third kappa shape index (κ3) is 36.3. The Labute approximate surface area is 734 Å². The summed E-state index contributed by atoms with van der Waals surface area (Å²) in [4.78, 5) is 249. The first-order chi connectivity index (χ1) is 59.8. The number of thiol groups is 2. The van der Waals surface area contributed by atoms with Crippen LogP contribution in [0.3, 0.4) is 0 Å². The molecule has 0 unspecified atom stereocenters. The van der Waals surface area contributed by atoms with E-state index in [0.717, 1.165) is 13.8 Å². The largest absolute Gasteiger partial charge is 0.508 e. The molecule has 0 saturated carbocycles. The van der Waals surface area contributed by atoms with E-state index in [4.69, 9.17) is 44.5 Å². The van der Waals surface area contributed by atoms with Crippen LogP contribution in [0.25, 0.3) is 21.8 Å². The van der Waals surface area contributed by atoms with Gasteiger partial charge in [0.1, 0.15) is 78.8 Å². The second-order valence-electron chi connectivity index (χ2n) is 29.6. The highest BCUT2D eigenvalue weighted by Gasteiger charge is 2.38. The summed E-state index contributed by atoms with van der Waals surface area (Å²) in [5, 5.41) is 67.6. The van der Waals surface area contributed by atoms with Gasteiger partial charge in [0.25, 0.3) is 0 Å². The highest BCUT2D eigenvalue weighted by Crippen LogP contribution is 2.23. The number of fused-ring (bicyclic) bond motifs is 2. The fourth-order valence-corrected chi connectivity index (χ4v) is 13.3. The topological polar surface area (TPSA) is 749 Å². The lowest BCUT2D eigenvalue weighted by Gasteiger charge is -2.28. The number of phenolic OH excluding ortho intramolecular Hbond substituents is 1. The Balaban J connectivity index is 1.38. The number of hydrogen-bond acceptors (Lipinski definition) is 25. The lowest BCUT2D eigenvalue weighted by atomic mass is 10.0. The third-order valence-corrected chi connectivity index (χ3v) is 20.0. The van der Waals surface area contributed by atoms with E-state index in [9.17, 15) is 86.9 Å². The molecule has 0 saturated heterocycles. The summed E-state index contributed by atoms with van der Waals surface area (Å²) >= 11 is 8.46. The van der Waals surface area contributed by atoms with Crippen LogP contribution in [0.5, 0.6) is 5.75 Å². The smallest absolute Gasteiger partial charge is 0.246 e. The molecule has 45 nitrogen and oxygen atoms in total. The summed E-state index contributed by atoms with van der Waals surface area (Å²) in [6.45, 7) is 2.56. The van der Waals surface area contributed by atoms with Crippen LogP contribution in [-0.2, 0) is 110 Å². The molecule has 13 atom stereocenters. The second kappa shape index (κ2) is 53.1. The van der Waals surface area contributed by atoms with Gasteiger partial charge in [0, 0.05) is 110 Å². The van der Waals surface area contributed by atoms with Gasteiger partial charge in [-0.3, -0.25) is 91.7 Å². The Morgan fingerprint density at radius 1 is 0.444 bits per heavy atom. The summed E-state index contributed by atoms with van der Waals surface area (Å²) in [6.07, 6.45) is -1.78. The van der Waals surface area contributed by atoms with Gasteiger partial charge >= 0.3 is 0 Å². The lowest BCUT2D eigenvalue weighted by molar-refractivity contribution is -0.137. The van der Waals surface area contributed by atoms with E-state index in [2.05, 4.69) is 115 Å². The van der Waals surface area contributed by atoms with Gasteiger partial charge in [-0.2, -0.15) is 25.3 Å². The van der Waals surface area contributed by atoms with Crippen molar-refractivity contribution in [3.8, 4) is 5.75 Å². The minimum Gasteiger partial charge on any atom is -0.508 e. The molecule has 47 heteroatoms. The van der Waals surface area contributed by atoms with Gasteiger partial charge in [-0.25, -0.2) is 0 Å². The number of aliphatic hydroxyl groups is 1. The van der Waals surface area contributed by atoms with Gasteiger partial charge in [0.05, 0.1) is 25.7 Å². The van der Waals surface area contributed by atoms with E-state index >= 15 is 9.59 Å². The van der Waals surface area contributed by atoms with E-state index < -0.39 is 248 Å². The number of nitrogens with one attached hydrogen (secondary N) is 18. The number of amides is 18. The molecule has 0 fully saturated rings. The van der Waals surface area contributed by atoms with Crippen molar-refractivity contribution in [2.75, 3.05) is 50.9 Å². The molecule has 688 valence electrons. The van der Waals surface area contributed by atoms with Gasteiger partial charge in [-0.05, 0) is 106 Å². The number of primary amides is 4. The van der Waals surface area contributed by atoms with E-state index in [1.165, 1.54) is 37.4 Å². The maximum Gasteiger partial charge on any atom is 0.246 e. The Kier molecular flexibility index (Phi) is 43.6. The molecule has 0 aliphatic carbocycles. The molecule has 3 aromatic carbocycles. The lowest BCUT2D eigenvalue weighted by Crippen LogP contribution is -2.62. The maximum absolute atomic E-state index is 15.2. The van der Waals surface area contributed by atoms with Crippen molar-refractivity contribution in [3.63, 3.8) is 0 Å². The molecule has 5 aromatic rings. The molecule has 0 bridgehead atoms. The number of H-pyrrole nitrogens is 2. The van der Waals surface area contributed by atoms with E-state index in [-0.39, 0.29) is 69.7 Å². The van der Waals surface area contributed by atoms with Crippen molar-refractivity contribution in [2.24, 2.45) is 34.4 Å². The fraction of sp³-hybridized carbons (Fsp3) is 0.481. The minimum absolute atomic E-state index is 0.00337. The number of rotatable bonds is 57. The highest BCUT2D eigenvalue weighted by atomic mass is 32.1. The molecule has 5 rings (SSSR count). The van der Waals surface area contributed by atoms with Gasteiger partial charge < -0.3 is 139 Å². The van der Waals surface area contributed by atoms with Crippen molar-refractivity contribution in [3.05, 3.63) is 102 Å². The summed E-state index contributed by atoms with van der Waals surface area (Å²) in [5.41, 5.74) is 35.2. The number of benzene rings is 3. The zero-order valence-corrected chi connectivity index (χ0v) is 71.4. The number of aromatic hydroxyl groups is 1. The summed E-state index contributed by atoms with van der Waals surface area (Å²) in [6, 6.07) is 0.567. The fourth-order valence-electron chi connectivity index (χ4n) is 12.8. The summed E-state index contributed by atoms with van der Waals surface area (Å²) in [7, 11) is 0. The second-order valence-corrected chi connectivity index (χ2v) is 30.3. The molecule has 126 heavy (non-hydrogen) atoms. The molecule has 0 aliphatic heterocycles. The van der Waals surface area contributed by atoms with Gasteiger partial charge in [0.15, 0.2) is 5.96 Å².